The van der Waals surface area contributed by atoms with Gasteiger partial charge < -0.3 is 5.32 Å². The number of amides is 1. The van der Waals surface area contributed by atoms with Gasteiger partial charge in [0.25, 0.3) is 0 Å². The van der Waals surface area contributed by atoms with E-state index in [1.165, 1.54) is 19.3 Å². The first-order chi connectivity index (χ1) is 11.3. The number of para-hydroxylation sites is 1. The molecule has 0 aliphatic heterocycles. The van der Waals surface area contributed by atoms with Crippen LogP contribution in [0.1, 0.15) is 43.7 Å². The van der Waals surface area contributed by atoms with Gasteiger partial charge in [-0.3, -0.25) is 4.79 Å². The molecule has 1 unspecified atom stereocenters. The summed E-state index contributed by atoms with van der Waals surface area (Å²) in [5, 5.41) is 16.4. The summed E-state index contributed by atoms with van der Waals surface area (Å²) in [4.78, 5) is 12.0. The van der Waals surface area contributed by atoms with Gasteiger partial charge in [-0.1, -0.05) is 37.5 Å². The summed E-state index contributed by atoms with van der Waals surface area (Å²) in [6.07, 6.45) is 8.59. The molecule has 2 aromatic rings. The average molecular weight is 308 g/mol. The third kappa shape index (κ3) is 3.78. The van der Waals surface area contributed by atoms with E-state index in [2.05, 4.69) is 16.5 Å². The van der Waals surface area contributed by atoms with Crippen LogP contribution in [0.2, 0.25) is 0 Å². The molecule has 1 saturated carbocycles. The van der Waals surface area contributed by atoms with Crippen LogP contribution in [0, 0.1) is 17.2 Å². The number of nitriles is 1. The van der Waals surface area contributed by atoms with Crippen molar-refractivity contribution in [1.29, 1.82) is 5.26 Å². The lowest BCUT2D eigenvalue weighted by atomic mass is 9.82. The van der Waals surface area contributed by atoms with Crippen LogP contribution in [-0.2, 0) is 4.79 Å². The minimum absolute atomic E-state index is 0.0593. The Labute approximate surface area is 135 Å². The lowest BCUT2D eigenvalue weighted by molar-refractivity contribution is -0.121. The highest BCUT2D eigenvalue weighted by atomic mass is 16.1. The highest BCUT2D eigenvalue weighted by Gasteiger charge is 2.20. The standard InChI is InChI=1S/C18H20N4O/c19-11-17(21-18(23)10-9-14-5-4-6-14)15-12-20-22(13-15)16-7-2-1-3-8-16/h1-3,7-8,12-14,17H,4-6,9-10H2,(H,21,23). The number of carbonyl (C=O) groups is 1. The Morgan fingerprint density at radius 2 is 2.17 bits per heavy atom. The maximum Gasteiger partial charge on any atom is 0.221 e. The van der Waals surface area contributed by atoms with Crippen molar-refractivity contribution in [3.63, 3.8) is 0 Å². The van der Waals surface area contributed by atoms with Crippen LogP contribution in [0.5, 0.6) is 0 Å². The predicted octanol–water partition coefficient (Wildman–Crippen LogP) is 3.13. The van der Waals surface area contributed by atoms with E-state index in [-0.39, 0.29) is 5.91 Å². The quantitative estimate of drug-likeness (QED) is 0.891. The normalized spacial score (nSPS) is 15.4. The molecule has 1 N–H and O–H groups in total. The van der Waals surface area contributed by atoms with Gasteiger partial charge in [-0.25, -0.2) is 4.68 Å². The second-order valence-corrected chi connectivity index (χ2v) is 6.02. The SMILES string of the molecule is N#CC(NC(=O)CCC1CCC1)c1cnn(-c2ccccc2)c1. The zero-order valence-electron chi connectivity index (χ0n) is 13.0. The van der Waals surface area contributed by atoms with Gasteiger partial charge in [-0.15, -0.1) is 0 Å². The van der Waals surface area contributed by atoms with Gasteiger partial charge >= 0.3 is 0 Å². The fraction of sp³-hybridized carbons (Fsp3) is 0.389. The Morgan fingerprint density at radius 3 is 2.83 bits per heavy atom. The van der Waals surface area contributed by atoms with Gasteiger partial charge in [0, 0.05) is 18.2 Å². The van der Waals surface area contributed by atoms with Gasteiger partial charge in [0.05, 0.1) is 18.0 Å². The fourth-order valence-corrected chi connectivity index (χ4v) is 2.75. The number of hydrogen-bond acceptors (Lipinski definition) is 3. The summed E-state index contributed by atoms with van der Waals surface area (Å²) in [6.45, 7) is 0. The third-order valence-electron chi connectivity index (χ3n) is 4.40. The predicted molar refractivity (Wildman–Crippen MR) is 86.6 cm³/mol. The molecule has 1 amide bonds. The first kappa shape index (κ1) is 15.3. The maximum atomic E-state index is 12.0. The lowest BCUT2D eigenvalue weighted by Crippen LogP contribution is -2.28. The van der Waals surface area contributed by atoms with Gasteiger partial charge in [0.1, 0.15) is 6.04 Å². The van der Waals surface area contributed by atoms with Crippen molar-refractivity contribution in [1.82, 2.24) is 15.1 Å². The molecule has 23 heavy (non-hydrogen) atoms. The van der Waals surface area contributed by atoms with Crippen molar-refractivity contribution in [3.05, 3.63) is 48.3 Å². The summed E-state index contributed by atoms with van der Waals surface area (Å²) in [5.41, 5.74) is 1.63. The van der Waals surface area contributed by atoms with Crippen LogP contribution >= 0.6 is 0 Å². The van der Waals surface area contributed by atoms with Crippen LogP contribution in [0.15, 0.2) is 42.7 Å². The molecule has 1 aliphatic rings. The van der Waals surface area contributed by atoms with Gasteiger partial charge in [-0.05, 0) is 24.5 Å². The first-order valence-corrected chi connectivity index (χ1v) is 8.05. The number of benzene rings is 1. The molecule has 5 nitrogen and oxygen atoms in total. The van der Waals surface area contributed by atoms with Crippen molar-refractivity contribution in [2.24, 2.45) is 5.92 Å². The molecule has 0 spiro atoms. The Morgan fingerprint density at radius 1 is 1.39 bits per heavy atom. The van der Waals surface area contributed by atoms with Crippen molar-refractivity contribution >= 4 is 5.91 Å². The van der Waals surface area contributed by atoms with Crippen LogP contribution < -0.4 is 5.32 Å². The number of aromatic nitrogens is 2. The van der Waals surface area contributed by atoms with E-state index in [0.717, 1.165) is 12.1 Å². The molecule has 118 valence electrons. The minimum Gasteiger partial charge on any atom is -0.337 e. The molecule has 1 aromatic heterocycles. The summed E-state index contributed by atoms with van der Waals surface area (Å²) in [7, 11) is 0. The largest absolute Gasteiger partial charge is 0.337 e. The van der Waals surface area contributed by atoms with E-state index in [4.69, 9.17) is 0 Å². The molecule has 0 radical (unpaired) electrons. The van der Waals surface area contributed by atoms with Crippen LogP contribution in [0.4, 0.5) is 0 Å². The zero-order chi connectivity index (χ0) is 16.1. The minimum atomic E-state index is -0.652. The smallest absolute Gasteiger partial charge is 0.221 e. The molecule has 0 bridgehead atoms. The molecule has 5 heteroatoms. The lowest BCUT2D eigenvalue weighted by Gasteiger charge is -2.24. The molecule has 0 saturated heterocycles. The molecule has 1 aliphatic carbocycles. The van der Waals surface area contributed by atoms with E-state index >= 15 is 0 Å². The van der Waals surface area contributed by atoms with Gasteiger partial charge in [-0.2, -0.15) is 10.4 Å². The number of nitrogens with zero attached hydrogens (tertiary/aromatic N) is 3. The third-order valence-corrected chi connectivity index (χ3v) is 4.40. The van der Waals surface area contributed by atoms with Gasteiger partial charge in [0.2, 0.25) is 5.91 Å². The number of carbonyl (C=O) groups excluding carboxylic acids is 1. The van der Waals surface area contributed by atoms with E-state index < -0.39 is 6.04 Å². The Kier molecular flexibility index (Phi) is 4.72. The van der Waals surface area contributed by atoms with Crippen LogP contribution in [0.25, 0.3) is 5.69 Å². The monoisotopic (exact) mass is 308 g/mol. The van der Waals surface area contributed by atoms with Gasteiger partial charge in [0.15, 0.2) is 0 Å². The van der Waals surface area contributed by atoms with Crippen molar-refractivity contribution in [3.8, 4) is 11.8 Å². The highest BCUT2D eigenvalue weighted by molar-refractivity contribution is 5.76. The molecule has 1 atom stereocenters. The zero-order valence-corrected chi connectivity index (χ0v) is 13.0. The van der Waals surface area contributed by atoms with E-state index in [9.17, 15) is 10.1 Å². The number of nitrogens with one attached hydrogen (secondary N) is 1. The maximum absolute atomic E-state index is 12.0. The van der Waals surface area contributed by atoms with E-state index in [1.54, 1.807) is 17.1 Å². The van der Waals surface area contributed by atoms with Crippen molar-refractivity contribution < 1.29 is 4.79 Å². The summed E-state index contributed by atoms with van der Waals surface area (Å²) < 4.78 is 1.71. The van der Waals surface area contributed by atoms with Crippen molar-refractivity contribution in [2.75, 3.05) is 0 Å². The molecule has 1 fully saturated rings. The highest BCUT2D eigenvalue weighted by Crippen LogP contribution is 2.30. The summed E-state index contributed by atoms with van der Waals surface area (Å²) in [6, 6.07) is 11.2. The van der Waals surface area contributed by atoms with Crippen LogP contribution in [-0.4, -0.2) is 15.7 Å². The Balaban J connectivity index is 1.61. The summed E-state index contributed by atoms with van der Waals surface area (Å²) in [5.74, 6) is 0.637. The number of hydrogen-bond donors (Lipinski definition) is 1. The molecular formula is C18H20N4O. The van der Waals surface area contributed by atoms with E-state index in [0.29, 0.717) is 17.9 Å². The number of rotatable bonds is 6. The van der Waals surface area contributed by atoms with E-state index in [1.807, 2.05) is 30.3 Å². The first-order valence-electron chi connectivity index (χ1n) is 8.05. The topological polar surface area (TPSA) is 70.7 Å². The molecule has 1 aromatic carbocycles. The Hall–Kier alpha value is -2.61. The second kappa shape index (κ2) is 7.10. The molecular weight excluding hydrogens is 288 g/mol. The molecule has 3 rings (SSSR count). The fourth-order valence-electron chi connectivity index (χ4n) is 2.75. The summed E-state index contributed by atoms with van der Waals surface area (Å²) >= 11 is 0. The Bertz CT molecular complexity index is 697. The van der Waals surface area contributed by atoms with Crippen molar-refractivity contribution in [2.45, 2.75) is 38.1 Å². The van der Waals surface area contributed by atoms with Crippen LogP contribution in [0.3, 0.4) is 0 Å². The molecule has 1 heterocycles. The second-order valence-electron chi connectivity index (χ2n) is 6.02. The average Bonchev–Trinajstić information content (AvgIpc) is 3.02.